The van der Waals surface area contributed by atoms with Gasteiger partial charge in [0, 0.05) is 31.9 Å². The summed E-state index contributed by atoms with van der Waals surface area (Å²) in [7, 11) is 1.52. The molecule has 0 saturated heterocycles. The van der Waals surface area contributed by atoms with Gasteiger partial charge in [0.1, 0.15) is 11.9 Å². The van der Waals surface area contributed by atoms with Gasteiger partial charge in [-0.15, -0.1) is 0 Å². The first-order valence-electron chi connectivity index (χ1n) is 11.1. The Morgan fingerprint density at radius 2 is 1.48 bits per heavy atom. The molecule has 1 aliphatic carbocycles. The number of benzene rings is 2. The van der Waals surface area contributed by atoms with Crippen LogP contribution in [0, 0.1) is 0 Å². The van der Waals surface area contributed by atoms with Crippen molar-refractivity contribution in [3.63, 3.8) is 0 Å². The van der Waals surface area contributed by atoms with Crippen LogP contribution in [0.3, 0.4) is 0 Å². The molecule has 4 bridgehead atoms. The molecule has 0 aromatic heterocycles. The molecule has 3 rings (SSSR count). The molecule has 0 heterocycles. The first kappa shape index (κ1) is 24.3. The summed E-state index contributed by atoms with van der Waals surface area (Å²) in [6.07, 6.45) is 4.54. The van der Waals surface area contributed by atoms with Gasteiger partial charge < -0.3 is 18.9 Å². The monoisotopic (exact) mass is 454 g/mol. The second kappa shape index (κ2) is 11.0. The van der Waals surface area contributed by atoms with Crippen molar-refractivity contribution in [2.24, 2.45) is 0 Å². The van der Waals surface area contributed by atoms with E-state index in [2.05, 4.69) is 0 Å². The number of hydrogen-bond acceptors (Lipinski definition) is 7. The Morgan fingerprint density at radius 1 is 0.758 bits per heavy atom. The van der Waals surface area contributed by atoms with Crippen LogP contribution in [0.1, 0.15) is 57.6 Å². The summed E-state index contributed by atoms with van der Waals surface area (Å²) in [5, 5.41) is 0. The van der Waals surface area contributed by atoms with Crippen molar-refractivity contribution >= 4 is 17.9 Å². The Morgan fingerprint density at radius 3 is 2.15 bits per heavy atom. The highest BCUT2D eigenvalue weighted by Crippen LogP contribution is 2.44. The summed E-state index contributed by atoms with van der Waals surface area (Å²) in [4.78, 5) is 35.2. The Bertz CT molecular complexity index is 1040. The maximum Gasteiger partial charge on any atom is 0.308 e. The lowest BCUT2D eigenvalue weighted by atomic mass is 9.96. The van der Waals surface area contributed by atoms with E-state index in [1.54, 1.807) is 6.07 Å². The second-order valence-electron chi connectivity index (χ2n) is 8.21. The van der Waals surface area contributed by atoms with E-state index in [1.165, 1.54) is 27.9 Å². The van der Waals surface area contributed by atoms with Crippen molar-refractivity contribution in [2.75, 3.05) is 7.11 Å². The number of aryl methyl sites for hydroxylation is 2. The van der Waals surface area contributed by atoms with E-state index >= 15 is 0 Å². The standard InChI is InChI=1S/C26H30O7/c1-16(27)31-21-8-6-5-7-20-14-23(26(33-18(3)29)25(15-20)30-4)22-13-19(9-11-21)10-12-24(22)32-17(2)28/h10,12-15,21H,5-9,11H2,1-4H3/t21-/m1/s1. The normalized spacial score (nSPS) is 15.8. The SMILES string of the molecule is COc1cc2cc(c1OC(C)=O)-c1cc(ccc1OC(C)=O)CC[C@H](OC(C)=O)CCCC2. The lowest BCUT2D eigenvalue weighted by Gasteiger charge is -2.18. The third-order valence-corrected chi connectivity index (χ3v) is 5.50. The quantitative estimate of drug-likeness (QED) is 0.484. The highest BCUT2D eigenvalue weighted by atomic mass is 16.6. The minimum atomic E-state index is -0.477. The van der Waals surface area contributed by atoms with Crippen LogP contribution < -0.4 is 14.2 Å². The fourth-order valence-electron chi connectivity index (χ4n) is 4.12. The van der Waals surface area contributed by atoms with E-state index in [-0.39, 0.29) is 17.8 Å². The third-order valence-electron chi connectivity index (χ3n) is 5.50. The number of rotatable bonds is 4. The molecule has 0 amide bonds. The minimum Gasteiger partial charge on any atom is -0.493 e. The molecule has 0 N–H and O–H groups in total. The van der Waals surface area contributed by atoms with Gasteiger partial charge in [0.15, 0.2) is 11.5 Å². The molecule has 0 fully saturated rings. The molecule has 1 atom stereocenters. The molecular weight excluding hydrogens is 424 g/mol. The van der Waals surface area contributed by atoms with Crippen molar-refractivity contribution in [1.82, 2.24) is 0 Å². The number of carbonyl (C=O) groups excluding carboxylic acids is 3. The van der Waals surface area contributed by atoms with Gasteiger partial charge in [-0.25, -0.2) is 0 Å². The zero-order valence-corrected chi connectivity index (χ0v) is 19.6. The van der Waals surface area contributed by atoms with Crippen LogP contribution in [0.15, 0.2) is 30.3 Å². The molecule has 0 saturated carbocycles. The molecule has 176 valence electrons. The Balaban J connectivity index is 2.17. The number of methoxy groups -OCH3 is 1. The summed E-state index contributed by atoms with van der Waals surface area (Å²) < 4.78 is 22.1. The van der Waals surface area contributed by atoms with Crippen molar-refractivity contribution in [1.29, 1.82) is 0 Å². The fraction of sp³-hybridized carbons (Fsp3) is 0.423. The molecule has 0 unspecified atom stereocenters. The summed E-state index contributed by atoms with van der Waals surface area (Å²) >= 11 is 0. The van der Waals surface area contributed by atoms with Gasteiger partial charge in [-0.3, -0.25) is 14.4 Å². The first-order valence-corrected chi connectivity index (χ1v) is 11.1. The Hall–Kier alpha value is -3.35. The maximum absolute atomic E-state index is 11.9. The van der Waals surface area contributed by atoms with Crippen LogP contribution in [0.25, 0.3) is 11.1 Å². The molecular formula is C26H30O7. The number of carbonyl (C=O) groups is 3. The predicted molar refractivity (Wildman–Crippen MR) is 122 cm³/mol. The predicted octanol–water partition coefficient (Wildman–Crippen LogP) is 4.80. The summed E-state index contributed by atoms with van der Waals surface area (Å²) in [5.74, 6) is -0.122. The molecule has 7 nitrogen and oxygen atoms in total. The molecule has 0 aliphatic heterocycles. The molecule has 1 aliphatic rings. The molecule has 0 radical (unpaired) electrons. The highest BCUT2D eigenvalue weighted by Gasteiger charge is 2.22. The zero-order valence-electron chi connectivity index (χ0n) is 19.6. The summed E-state index contributed by atoms with van der Waals surface area (Å²) in [6, 6.07) is 9.36. The minimum absolute atomic E-state index is 0.158. The van der Waals surface area contributed by atoms with Gasteiger partial charge >= 0.3 is 17.9 Å². The molecule has 0 spiro atoms. The van der Waals surface area contributed by atoms with E-state index < -0.39 is 11.9 Å². The largest absolute Gasteiger partial charge is 0.493 e. The van der Waals surface area contributed by atoms with Crippen LogP contribution in [0.5, 0.6) is 17.2 Å². The number of ether oxygens (including phenoxy) is 4. The smallest absolute Gasteiger partial charge is 0.308 e. The van der Waals surface area contributed by atoms with Crippen molar-refractivity contribution in [3.8, 4) is 28.4 Å². The van der Waals surface area contributed by atoms with Gasteiger partial charge in [-0.1, -0.05) is 6.07 Å². The van der Waals surface area contributed by atoms with E-state index in [1.807, 2.05) is 24.3 Å². The molecule has 2 aromatic carbocycles. The third kappa shape index (κ3) is 6.57. The topological polar surface area (TPSA) is 88.1 Å². The van der Waals surface area contributed by atoms with Gasteiger partial charge in [0.25, 0.3) is 0 Å². The number of fused-ring (bicyclic) bond motifs is 5. The summed E-state index contributed by atoms with van der Waals surface area (Å²) in [6.45, 7) is 4.10. The number of esters is 3. The lowest BCUT2D eigenvalue weighted by molar-refractivity contribution is -0.147. The van der Waals surface area contributed by atoms with E-state index in [9.17, 15) is 14.4 Å². The van der Waals surface area contributed by atoms with Crippen LogP contribution in [0.4, 0.5) is 0 Å². The Kier molecular flexibility index (Phi) is 8.09. The van der Waals surface area contributed by atoms with Crippen LogP contribution >= 0.6 is 0 Å². The second-order valence-corrected chi connectivity index (χ2v) is 8.21. The van der Waals surface area contributed by atoms with Gasteiger partial charge in [0.05, 0.1) is 7.11 Å². The zero-order chi connectivity index (χ0) is 24.0. The van der Waals surface area contributed by atoms with E-state index in [0.717, 1.165) is 36.8 Å². The summed E-state index contributed by atoms with van der Waals surface area (Å²) in [5.41, 5.74) is 3.23. The fourth-order valence-corrected chi connectivity index (χ4v) is 4.12. The number of hydrogen-bond donors (Lipinski definition) is 0. The van der Waals surface area contributed by atoms with Gasteiger partial charge in [-0.05, 0) is 73.9 Å². The average Bonchev–Trinajstić information content (AvgIpc) is 2.75. The Labute approximate surface area is 194 Å². The van der Waals surface area contributed by atoms with Crippen molar-refractivity contribution < 1.29 is 33.3 Å². The van der Waals surface area contributed by atoms with Gasteiger partial charge in [-0.2, -0.15) is 0 Å². The first-order chi connectivity index (χ1) is 15.8. The highest BCUT2D eigenvalue weighted by molar-refractivity contribution is 5.84. The van der Waals surface area contributed by atoms with Crippen molar-refractivity contribution in [2.45, 2.75) is 65.4 Å². The molecule has 2 aromatic rings. The van der Waals surface area contributed by atoms with Crippen LogP contribution in [0.2, 0.25) is 0 Å². The van der Waals surface area contributed by atoms with Crippen LogP contribution in [-0.2, 0) is 32.0 Å². The maximum atomic E-state index is 11.9. The average molecular weight is 455 g/mol. The molecule has 7 heteroatoms. The van der Waals surface area contributed by atoms with Gasteiger partial charge in [0.2, 0.25) is 0 Å². The van der Waals surface area contributed by atoms with E-state index in [4.69, 9.17) is 18.9 Å². The lowest BCUT2D eigenvalue weighted by Crippen LogP contribution is -2.17. The van der Waals surface area contributed by atoms with E-state index in [0.29, 0.717) is 35.5 Å². The molecule has 33 heavy (non-hydrogen) atoms. The van der Waals surface area contributed by atoms with Crippen molar-refractivity contribution in [3.05, 3.63) is 41.5 Å². The van der Waals surface area contributed by atoms with Crippen LogP contribution in [-0.4, -0.2) is 31.1 Å².